The minimum atomic E-state index is -2.97. The smallest absolute Gasteiger partial charge is 0.387 e. The molecule has 0 unspecified atom stereocenters. The summed E-state index contributed by atoms with van der Waals surface area (Å²) in [6, 6.07) is 8.36. The first-order valence-electron chi connectivity index (χ1n) is 8.92. The molecule has 0 bridgehead atoms. The van der Waals surface area contributed by atoms with Gasteiger partial charge >= 0.3 is 6.61 Å². The molecule has 2 amide bonds. The first-order chi connectivity index (χ1) is 14.3. The number of rotatable bonds is 10. The summed E-state index contributed by atoms with van der Waals surface area (Å²) in [5.41, 5.74) is 0.813. The molecule has 162 valence electrons. The van der Waals surface area contributed by atoms with E-state index < -0.39 is 18.3 Å². The Bertz CT molecular complexity index is 896. The van der Waals surface area contributed by atoms with E-state index in [4.69, 9.17) is 4.74 Å². The molecule has 2 N–H and O–H groups in total. The monoisotopic (exact) mass is 488 g/mol. The molecule has 0 saturated carbocycles. The quantitative estimate of drug-likeness (QED) is 0.534. The number of ether oxygens (including phenoxy) is 2. The van der Waals surface area contributed by atoms with Gasteiger partial charge in [-0.1, -0.05) is 6.07 Å². The van der Waals surface area contributed by atoms with Crippen molar-refractivity contribution in [2.45, 2.75) is 19.5 Å². The molecule has 10 heteroatoms. The maximum Gasteiger partial charge on any atom is 0.387 e. The van der Waals surface area contributed by atoms with E-state index in [0.717, 1.165) is 6.07 Å². The van der Waals surface area contributed by atoms with Crippen molar-refractivity contribution in [2.24, 2.45) is 0 Å². The van der Waals surface area contributed by atoms with Crippen molar-refractivity contribution in [1.82, 2.24) is 10.6 Å². The minimum Gasteiger partial charge on any atom is -0.493 e. The number of carbonyl (C=O) groups excluding carboxylic acids is 2. The van der Waals surface area contributed by atoms with Gasteiger partial charge < -0.3 is 20.1 Å². The third-order valence-electron chi connectivity index (χ3n) is 3.99. The highest BCUT2D eigenvalue weighted by molar-refractivity contribution is 9.10. The minimum absolute atomic E-state index is 0.0288. The summed E-state index contributed by atoms with van der Waals surface area (Å²) in [5, 5.41) is 5.22. The maximum atomic E-state index is 13.2. The SMILES string of the molecule is COc1ccc(CCNC(=O)CCNC(=O)c2cc(F)ccc2Br)cc1OC(F)F. The molecule has 0 aromatic heterocycles. The number of methoxy groups -OCH3 is 1. The average molecular weight is 489 g/mol. The summed E-state index contributed by atoms with van der Waals surface area (Å²) in [6.07, 6.45) is 0.416. The molecule has 2 aromatic carbocycles. The summed E-state index contributed by atoms with van der Waals surface area (Å²) in [7, 11) is 1.35. The second-order valence-electron chi connectivity index (χ2n) is 6.09. The van der Waals surface area contributed by atoms with E-state index in [2.05, 4.69) is 31.3 Å². The zero-order valence-electron chi connectivity index (χ0n) is 16.0. The highest BCUT2D eigenvalue weighted by Gasteiger charge is 2.13. The Balaban J connectivity index is 1.76. The first-order valence-corrected chi connectivity index (χ1v) is 9.71. The number of carbonyl (C=O) groups is 2. The number of hydrogen-bond donors (Lipinski definition) is 2. The van der Waals surface area contributed by atoms with Gasteiger partial charge in [0.2, 0.25) is 5.91 Å². The zero-order valence-corrected chi connectivity index (χ0v) is 17.6. The van der Waals surface area contributed by atoms with Gasteiger partial charge in [0.1, 0.15) is 5.82 Å². The lowest BCUT2D eigenvalue weighted by atomic mass is 10.1. The number of alkyl halides is 2. The van der Waals surface area contributed by atoms with Crippen LogP contribution in [0.4, 0.5) is 13.2 Å². The fraction of sp³-hybridized carbons (Fsp3) is 0.300. The van der Waals surface area contributed by atoms with Crippen molar-refractivity contribution >= 4 is 27.7 Å². The van der Waals surface area contributed by atoms with Crippen LogP contribution < -0.4 is 20.1 Å². The second kappa shape index (κ2) is 11.4. The Hall–Kier alpha value is -2.75. The second-order valence-corrected chi connectivity index (χ2v) is 6.95. The fourth-order valence-corrected chi connectivity index (χ4v) is 2.98. The Kier molecular flexibility index (Phi) is 8.97. The van der Waals surface area contributed by atoms with Crippen molar-refractivity contribution < 1.29 is 32.2 Å². The highest BCUT2D eigenvalue weighted by Crippen LogP contribution is 2.29. The van der Waals surface area contributed by atoms with E-state index in [-0.39, 0.29) is 42.5 Å². The number of nitrogens with one attached hydrogen (secondary N) is 2. The molecule has 0 aliphatic carbocycles. The predicted molar refractivity (Wildman–Crippen MR) is 107 cm³/mol. The van der Waals surface area contributed by atoms with E-state index in [1.165, 1.54) is 31.4 Å². The largest absolute Gasteiger partial charge is 0.493 e. The van der Waals surface area contributed by atoms with Crippen LogP contribution in [0.5, 0.6) is 11.5 Å². The van der Waals surface area contributed by atoms with Crippen molar-refractivity contribution in [3.63, 3.8) is 0 Å². The van der Waals surface area contributed by atoms with Crippen molar-refractivity contribution in [1.29, 1.82) is 0 Å². The van der Waals surface area contributed by atoms with Crippen molar-refractivity contribution in [3.05, 3.63) is 57.8 Å². The van der Waals surface area contributed by atoms with E-state index in [9.17, 15) is 22.8 Å². The maximum absolute atomic E-state index is 13.2. The van der Waals surface area contributed by atoms with Crippen molar-refractivity contribution in [2.75, 3.05) is 20.2 Å². The third kappa shape index (κ3) is 7.25. The van der Waals surface area contributed by atoms with Crippen LogP contribution in [0.1, 0.15) is 22.3 Å². The lowest BCUT2D eigenvalue weighted by molar-refractivity contribution is -0.120. The molecular weight excluding hydrogens is 469 g/mol. The number of hydrogen-bond acceptors (Lipinski definition) is 4. The van der Waals surface area contributed by atoms with Crippen LogP contribution >= 0.6 is 15.9 Å². The topological polar surface area (TPSA) is 76.7 Å². The molecule has 0 heterocycles. The molecule has 0 spiro atoms. The summed E-state index contributed by atoms with van der Waals surface area (Å²) in [5.74, 6) is -1.24. The summed E-state index contributed by atoms with van der Waals surface area (Å²) < 4.78 is 48.0. The lowest BCUT2D eigenvalue weighted by Crippen LogP contribution is -2.31. The fourth-order valence-electron chi connectivity index (χ4n) is 2.56. The Morgan fingerprint density at radius 2 is 1.83 bits per heavy atom. The zero-order chi connectivity index (χ0) is 22.1. The van der Waals surface area contributed by atoms with Crippen LogP contribution in [-0.2, 0) is 11.2 Å². The number of halogens is 4. The van der Waals surface area contributed by atoms with Crippen LogP contribution in [0.25, 0.3) is 0 Å². The van der Waals surface area contributed by atoms with Gasteiger partial charge in [-0.15, -0.1) is 0 Å². The summed E-state index contributed by atoms with van der Waals surface area (Å²) >= 11 is 3.17. The van der Waals surface area contributed by atoms with Crippen LogP contribution in [0.3, 0.4) is 0 Å². The Morgan fingerprint density at radius 1 is 1.07 bits per heavy atom. The van der Waals surface area contributed by atoms with E-state index in [1.54, 1.807) is 6.07 Å². The van der Waals surface area contributed by atoms with Crippen LogP contribution in [0.2, 0.25) is 0 Å². The molecular formula is C20H20BrF3N2O4. The number of benzene rings is 2. The third-order valence-corrected chi connectivity index (χ3v) is 4.68. The molecule has 0 radical (unpaired) electrons. The molecule has 0 aliphatic heterocycles. The molecule has 0 fully saturated rings. The van der Waals surface area contributed by atoms with Crippen molar-refractivity contribution in [3.8, 4) is 11.5 Å². The van der Waals surface area contributed by atoms with Gasteiger partial charge in [0, 0.05) is 24.0 Å². The first kappa shape index (κ1) is 23.5. The van der Waals surface area contributed by atoms with Crippen LogP contribution in [0.15, 0.2) is 40.9 Å². The van der Waals surface area contributed by atoms with Crippen LogP contribution in [0, 0.1) is 5.82 Å². The van der Waals surface area contributed by atoms with Gasteiger partial charge in [0.25, 0.3) is 5.91 Å². The van der Waals surface area contributed by atoms with Gasteiger partial charge in [0.05, 0.1) is 12.7 Å². The Labute approximate surface area is 179 Å². The lowest BCUT2D eigenvalue weighted by Gasteiger charge is -2.12. The molecule has 6 nitrogen and oxygen atoms in total. The van der Waals surface area contributed by atoms with Gasteiger partial charge in [0.15, 0.2) is 11.5 Å². The Morgan fingerprint density at radius 3 is 2.53 bits per heavy atom. The molecule has 0 atom stereocenters. The normalized spacial score (nSPS) is 10.6. The van der Waals surface area contributed by atoms with E-state index in [1.807, 2.05) is 0 Å². The number of amides is 2. The molecule has 0 aliphatic rings. The van der Waals surface area contributed by atoms with Gasteiger partial charge in [-0.2, -0.15) is 8.78 Å². The highest BCUT2D eigenvalue weighted by atomic mass is 79.9. The van der Waals surface area contributed by atoms with E-state index >= 15 is 0 Å². The molecule has 2 rings (SSSR count). The summed E-state index contributed by atoms with van der Waals surface area (Å²) in [6.45, 7) is -2.64. The van der Waals surface area contributed by atoms with E-state index in [0.29, 0.717) is 16.5 Å². The van der Waals surface area contributed by atoms with Gasteiger partial charge in [-0.25, -0.2) is 4.39 Å². The average Bonchev–Trinajstić information content (AvgIpc) is 2.69. The predicted octanol–water partition coefficient (Wildman–Crippen LogP) is 3.68. The molecule has 0 saturated heterocycles. The van der Waals surface area contributed by atoms with Crippen LogP contribution in [-0.4, -0.2) is 38.6 Å². The standard InChI is InChI=1S/C20H20BrF3N2O4/c1-29-16-5-2-12(10-17(16)30-20(23)24)6-8-25-18(27)7-9-26-19(28)14-11-13(22)3-4-15(14)21/h2-5,10-11,20H,6-9H2,1H3,(H,25,27)(H,26,28). The molecule has 30 heavy (non-hydrogen) atoms. The van der Waals surface area contributed by atoms with Gasteiger partial charge in [-0.05, 0) is 58.2 Å². The molecule has 2 aromatic rings. The van der Waals surface area contributed by atoms with Gasteiger partial charge in [-0.3, -0.25) is 9.59 Å². The summed E-state index contributed by atoms with van der Waals surface area (Å²) in [4.78, 5) is 24.0.